The van der Waals surface area contributed by atoms with Crippen LogP contribution in [-0.4, -0.2) is 30.9 Å². The maximum absolute atomic E-state index is 11.2. The van der Waals surface area contributed by atoms with Crippen LogP contribution in [0.2, 0.25) is 0 Å². The maximum atomic E-state index is 11.2. The molecule has 0 aliphatic rings. The van der Waals surface area contributed by atoms with E-state index in [0.29, 0.717) is 13.0 Å². The fraction of sp³-hybridized carbons (Fsp3) is 0.750. The number of nitrogens with two attached hydrogens (primary N) is 3. The van der Waals surface area contributed by atoms with Crippen LogP contribution in [0.25, 0.3) is 0 Å². The van der Waals surface area contributed by atoms with Crippen molar-refractivity contribution in [1.82, 2.24) is 5.32 Å². The Bertz CT molecular complexity index is 196. The molecule has 0 bridgehead atoms. The van der Waals surface area contributed by atoms with E-state index in [1.165, 1.54) is 0 Å². The Morgan fingerprint density at radius 3 is 2.43 bits per heavy atom. The standard InChI is InChI=1S/C8H18N4O2/c9-4-2-1-3-6(10)8(14)12-5-7(11)13/h6H,1-5,9-10H2,(H2,11,13)(H,12,14). The van der Waals surface area contributed by atoms with Crippen LogP contribution < -0.4 is 22.5 Å². The summed E-state index contributed by atoms with van der Waals surface area (Å²) in [6.07, 6.45) is 2.22. The van der Waals surface area contributed by atoms with Gasteiger partial charge in [0.05, 0.1) is 12.6 Å². The largest absolute Gasteiger partial charge is 0.368 e. The Labute approximate surface area is 83.2 Å². The second kappa shape index (κ2) is 7.28. The molecule has 7 N–H and O–H groups in total. The van der Waals surface area contributed by atoms with Crippen molar-refractivity contribution in [2.45, 2.75) is 25.3 Å². The molecule has 6 nitrogen and oxygen atoms in total. The average Bonchev–Trinajstić information content (AvgIpc) is 2.14. The van der Waals surface area contributed by atoms with Crippen LogP contribution in [0.4, 0.5) is 0 Å². The van der Waals surface area contributed by atoms with E-state index >= 15 is 0 Å². The summed E-state index contributed by atoms with van der Waals surface area (Å²) < 4.78 is 0. The highest BCUT2D eigenvalue weighted by Gasteiger charge is 2.12. The molecule has 0 aliphatic heterocycles. The Morgan fingerprint density at radius 2 is 1.93 bits per heavy atom. The molecular weight excluding hydrogens is 184 g/mol. The van der Waals surface area contributed by atoms with Crippen molar-refractivity contribution in [2.24, 2.45) is 17.2 Å². The first kappa shape index (κ1) is 12.9. The third-order valence-electron chi connectivity index (χ3n) is 1.74. The summed E-state index contributed by atoms with van der Waals surface area (Å²) in [4.78, 5) is 21.5. The van der Waals surface area contributed by atoms with E-state index in [0.717, 1.165) is 12.8 Å². The van der Waals surface area contributed by atoms with Crippen LogP contribution in [0, 0.1) is 0 Å². The van der Waals surface area contributed by atoms with Gasteiger partial charge in [-0.2, -0.15) is 0 Å². The molecule has 1 atom stereocenters. The first-order valence-electron chi connectivity index (χ1n) is 4.59. The van der Waals surface area contributed by atoms with Crippen molar-refractivity contribution in [1.29, 1.82) is 0 Å². The minimum absolute atomic E-state index is 0.163. The molecule has 0 fully saturated rings. The predicted molar refractivity (Wildman–Crippen MR) is 53.1 cm³/mol. The zero-order valence-corrected chi connectivity index (χ0v) is 8.16. The number of nitrogens with one attached hydrogen (secondary N) is 1. The van der Waals surface area contributed by atoms with E-state index in [1.54, 1.807) is 0 Å². The van der Waals surface area contributed by atoms with Gasteiger partial charge in [-0.15, -0.1) is 0 Å². The van der Waals surface area contributed by atoms with Gasteiger partial charge in [-0.05, 0) is 19.4 Å². The van der Waals surface area contributed by atoms with Crippen LogP contribution in [0.5, 0.6) is 0 Å². The Morgan fingerprint density at radius 1 is 1.29 bits per heavy atom. The van der Waals surface area contributed by atoms with Gasteiger partial charge >= 0.3 is 0 Å². The second-order valence-corrected chi connectivity index (χ2v) is 3.08. The summed E-state index contributed by atoms with van der Waals surface area (Å²) >= 11 is 0. The lowest BCUT2D eigenvalue weighted by Gasteiger charge is -2.10. The number of carbonyl (C=O) groups excluding carboxylic acids is 2. The van der Waals surface area contributed by atoms with Crippen molar-refractivity contribution >= 4 is 11.8 Å². The normalized spacial score (nSPS) is 12.1. The van der Waals surface area contributed by atoms with Crippen molar-refractivity contribution in [2.75, 3.05) is 13.1 Å². The molecule has 0 saturated heterocycles. The molecule has 0 radical (unpaired) electrons. The van der Waals surface area contributed by atoms with Gasteiger partial charge < -0.3 is 22.5 Å². The maximum Gasteiger partial charge on any atom is 0.237 e. The van der Waals surface area contributed by atoms with Crippen LogP contribution in [0.3, 0.4) is 0 Å². The molecule has 6 heteroatoms. The van der Waals surface area contributed by atoms with Gasteiger partial charge in [-0.25, -0.2) is 0 Å². The molecular formula is C8H18N4O2. The Kier molecular flexibility index (Phi) is 6.69. The van der Waals surface area contributed by atoms with E-state index in [4.69, 9.17) is 17.2 Å². The third kappa shape index (κ3) is 6.38. The second-order valence-electron chi connectivity index (χ2n) is 3.08. The first-order valence-corrected chi connectivity index (χ1v) is 4.59. The predicted octanol–water partition coefficient (Wildman–Crippen LogP) is -1.96. The molecule has 0 saturated carbocycles. The zero-order valence-electron chi connectivity index (χ0n) is 8.16. The van der Waals surface area contributed by atoms with Gasteiger partial charge in [0.2, 0.25) is 11.8 Å². The van der Waals surface area contributed by atoms with Crippen LogP contribution in [0.15, 0.2) is 0 Å². The van der Waals surface area contributed by atoms with E-state index in [1.807, 2.05) is 0 Å². The summed E-state index contributed by atoms with van der Waals surface area (Å²) in [6.45, 7) is 0.430. The Balaban J connectivity index is 3.59. The summed E-state index contributed by atoms with van der Waals surface area (Å²) in [7, 11) is 0. The average molecular weight is 202 g/mol. The molecule has 0 spiro atoms. The first-order chi connectivity index (χ1) is 6.57. The number of hydrogen-bond acceptors (Lipinski definition) is 4. The zero-order chi connectivity index (χ0) is 11.0. The monoisotopic (exact) mass is 202 g/mol. The molecule has 0 heterocycles. The SMILES string of the molecule is NCCCCC(N)C(=O)NCC(N)=O. The molecule has 0 aromatic carbocycles. The van der Waals surface area contributed by atoms with Gasteiger partial charge in [0.25, 0.3) is 0 Å². The van der Waals surface area contributed by atoms with E-state index in [-0.39, 0.29) is 12.5 Å². The number of amides is 2. The molecule has 0 aliphatic carbocycles. The topological polar surface area (TPSA) is 124 Å². The smallest absolute Gasteiger partial charge is 0.237 e. The molecule has 0 aromatic rings. The van der Waals surface area contributed by atoms with Gasteiger partial charge in [-0.3, -0.25) is 9.59 Å². The number of primary amides is 1. The summed E-state index contributed by atoms with van der Waals surface area (Å²) in [5.41, 5.74) is 15.7. The highest BCUT2D eigenvalue weighted by molar-refractivity contribution is 5.86. The number of hydrogen-bond donors (Lipinski definition) is 4. The molecule has 0 aromatic heterocycles. The van der Waals surface area contributed by atoms with Crippen LogP contribution >= 0.6 is 0 Å². The number of carbonyl (C=O) groups is 2. The molecule has 82 valence electrons. The summed E-state index contributed by atoms with van der Waals surface area (Å²) in [5.74, 6) is -0.923. The highest BCUT2D eigenvalue weighted by atomic mass is 16.2. The lowest BCUT2D eigenvalue weighted by atomic mass is 10.1. The van der Waals surface area contributed by atoms with E-state index < -0.39 is 11.9 Å². The molecule has 2 amide bonds. The lowest BCUT2D eigenvalue weighted by molar-refractivity contribution is -0.125. The quantitative estimate of drug-likeness (QED) is 0.358. The lowest BCUT2D eigenvalue weighted by Crippen LogP contribution is -2.43. The Hall–Kier alpha value is -1.14. The van der Waals surface area contributed by atoms with Crippen molar-refractivity contribution in [3.05, 3.63) is 0 Å². The van der Waals surface area contributed by atoms with Gasteiger partial charge in [0, 0.05) is 0 Å². The summed E-state index contributed by atoms with van der Waals surface area (Å²) in [5, 5.41) is 2.34. The molecule has 14 heavy (non-hydrogen) atoms. The third-order valence-corrected chi connectivity index (χ3v) is 1.74. The van der Waals surface area contributed by atoms with Crippen molar-refractivity contribution in [3.8, 4) is 0 Å². The van der Waals surface area contributed by atoms with Crippen molar-refractivity contribution < 1.29 is 9.59 Å². The number of unbranched alkanes of at least 4 members (excludes halogenated alkanes) is 1. The fourth-order valence-electron chi connectivity index (χ4n) is 0.945. The van der Waals surface area contributed by atoms with Gasteiger partial charge in [0.1, 0.15) is 0 Å². The minimum Gasteiger partial charge on any atom is -0.368 e. The van der Waals surface area contributed by atoms with Gasteiger partial charge in [0.15, 0.2) is 0 Å². The summed E-state index contributed by atoms with van der Waals surface area (Å²) in [6, 6.07) is -0.583. The van der Waals surface area contributed by atoms with Gasteiger partial charge in [-0.1, -0.05) is 6.42 Å². The minimum atomic E-state index is -0.583. The van der Waals surface area contributed by atoms with Crippen LogP contribution in [0.1, 0.15) is 19.3 Å². The number of rotatable bonds is 7. The van der Waals surface area contributed by atoms with E-state index in [9.17, 15) is 9.59 Å². The molecule has 1 unspecified atom stereocenters. The molecule has 0 rings (SSSR count). The van der Waals surface area contributed by atoms with E-state index in [2.05, 4.69) is 5.32 Å². The fourth-order valence-corrected chi connectivity index (χ4v) is 0.945. The van der Waals surface area contributed by atoms with Crippen molar-refractivity contribution in [3.63, 3.8) is 0 Å². The van der Waals surface area contributed by atoms with Crippen LogP contribution in [-0.2, 0) is 9.59 Å². The highest BCUT2D eigenvalue weighted by Crippen LogP contribution is 1.97.